The summed E-state index contributed by atoms with van der Waals surface area (Å²) in [6.07, 6.45) is 39.4. The van der Waals surface area contributed by atoms with Crippen molar-refractivity contribution in [1.29, 1.82) is 0 Å². The summed E-state index contributed by atoms with van der Waals surface area (Å²) in [7, 11) is 0. The van der Waals surface area contributed by atoms with Crippen LogP contribution in [0.2, 0.25) is 0 Å². The Morgan fingerprint density at radius 1 is 0.545 bits per heavy atom. The summed E-state index contributed by atoms with van der Waals surface area (Å²) in [5, 5.41) is 0. The Bertz CT molecular complexity index is 915. The molecule has 1 rings (SSSR count). The van der Waals surface area contributed by atoms with Crippen LogP contribution in [0.1, 0.15) is 207 Å². The fourth-order valence-electron chi connectivity index (χ4n) is 7.80. The number of rotatable bonds is 40. The maximum atomic E-state index is 13.1. The summed E-state index contributed by atoms with van der Waals surface area (Å²) in [4.78, 5) is 32.6. The van der Waals surface area contributed by atoms with E-state index in [1.54, 1.807) is 0 Å². The van der Waals surface area contributed by atoms with Gasteiger partial charge >= 0.3 is 5.97 Å². The van der Waals surface area contributed by atoms with E-state index >= 15 is 0 Å². The van der Waals surface area contributed by atoms with Gasteiger partial charge in [0, 0.05) is 19.3 Å². The average Bonchev–Trinajstić information content (AvgIpc) is 3.19. The lowest BCUT2D eigenvalue weighted by molar-refractivity contribution is -0.534. The third-order valence-electron chi connectivity index (χ3n) is 11.5. The maximum Gasteiger partial charge on any atom is 0.305 e. The molecule has 0 aliphatic carbocycles. The van der Waals surface area contributed by atoms with Crippen molar-refractivity contribution >= 4 is 18.1 Å². The number of unbranched alkanes of at least 4 members (excludes halogenated alkanes) is 20. The van der Waals surface area contributed by atoms with Gasteiger partial charge in [-0.3, -0.25) is 9.59 Å². The Morgan fingerprint density at radius 3 is 1.55 bits per heavy atom. The highest BCUT2D eigenvalue weighted by Gasteiger charge is 2.22. The average molecular weight is 774 g/mol. The number of nitrogens with zero attached hydrogens (tertiary/aromatic N) is 4. The van der Waals surface area contributed by atoms with Gasteiger partial charge in [-0.25, -0.2) is 4.58 Å². The lowest BCUT2D eigenvalue weighted by atomic mass is 10.1. The number of amides is 1. The van der Waals surface area contributed by atoms with Crippen LogP contribution in [-0.4, -0.2) is 109 Å². The quantitative estimate of drug-likeness (QED) is 0.0269. The van der Waals surface area contributed by atoms with Crippen LogP contribution in [0.4, 0.5) is 0 Å². The maximum absolute atomic E-state index is 13.1. The number of allylic oxidation sites excluding steroid dienone is 1. The molecule has 0 aromatic rings. The Kier molecular flexibility index (Phi) is 36.5. The van der Waals surface area contributed by atoms with E-state index in [2.05, 4.69) is 52.8 Å². The van der Waals surface area contributed by atoms with Gasteiger partial charge in [0.2, 0.25) is 5.91 Å². The molecule has 0 aromatic carbocycles. The van der Waals surface area contributed by atoms with E-state index in [4.69, 9.17) is 4.74 Å². The third kappa shape index (κ3) is 32.0. The summed E-state index contributed by atoms with van der Waals surface area (Å²) in [6.45, 7) is 21.6. The smallest absolute Gasteiger partial charge is 0.305 e. The van der Waals surface area contributed by atoms with Crippen LogP contribution >= 0.6 is 0 Å². The molecule has 1 aliphatic rings. The van der Waals surface area contributed by atoms with Crippen LogP contribution in [0.3, 0.4) is 0 Å². The third-order valence-corrected chi connectivity index (χ3v) is 11.5. The zero-order valence-corrected chi connectivity index (χ0v) is 37.2. The molecule has 55 heavy (non-hydrogen) atoms. The summed E-state index contributed by atoms with van der Waals surface area (Å²) in [5.74, 6) is 0.322. The van der Waals surface area contributed by atoms with Gasteiger partial charge in [-0.15, -0.1) is 6.58 Å². The highest BCUT2D eigenvalue weighted by atomic mass is 16.5. The predicted molar refractivity (Wildman–Crippen MR) is 238 cm³/mol. The molecule has 0 saturated carbocycles. The molecule has 1 fully saturated rings. The van der Waals surface area contributed by atoms with Gasteiger partial charge in [-0.1, -0.05) is 130 Å². The van der Waals surface area contributed by atoms with Crippen molar-refractivity contribution in [1.82, 2.24) is 14.7 Å². The first-order valence-corrected chi connectivity index (χ1v) is 24.1. The van der Waals surface area contributed by atoms with Crippen molar-refractivity contribution < 1.29 is 18.9 Å². The molecule has 0 N–H and O–H groups in total. The number of hydrogen-bond acceptors (Lipinski definition) is 5. The van der Waals surface area contributed by atoms with Crippen LogP contribution in [-0.2, 0) is 14.3 Å². The fraction of sp³-hybridized carbons (Fsp3) is 0.896. The molecule has 0 aromatic heterocycles. The number of carbonyl (C=O) groups is 2. The fourth-order valence-corrected chi connectivity index (χ4v) is 7.80. The largest absolute Gasteiger partial charge is 0.466 e. The molecule has 1 heterocycles. The Morgan fingerprint density at radius 2 is 1.00 bits per heavy atom. The molecule has 0 unspecified atom stereocenters. The summed E-state index contributed by atoms with van der Waals surface area (Å²) >= 11 is 0. The lowest BCUT2D eigenvalue weighted by Gasteiger charge is -2.26. The van der Waals surface area contributed by atoms with Gasteiger partial charge in [0.05, 0.1) is 19.7 Å². The minimum Gasteiger partial charge on any atom is -0.466 e. The molecular weight excluding hydrogens is 681 g/mol. The van der Waals surface area contributed by atoms with E-state index in [0.29, 0.717) is 25.4 Å². The Labute approximate surface area is 342 Å². The first kappa shape index (κ1) is 51.3. The molecular formula is C48H93N4O3+. The van der Waals surface area contributed by atoms with Crippen molar-refractivity contribution in [2.24, 2.45) is 0 Å². The molecule has 1 aliphatic heterocycles. The van der Waals surface area contributed by atoms with Crippen molar-refractivity contribution in [3.05, 3.63) is 12.7 Å². The highest BCUT2D eigenvalue weighted by Crippen LogP contribution is 2.13. The summed E-state index contributed by atoms with van der Waals surface area (Å²) in [6, 6.07) is 0. The number of ether oxygens (including phenoxy) is 1. The number of hydrogen-bond donors (Lipinski definition) is 0. The van der Waals surface area contributed by atoms with Crippen molar-refractivity contribution in [2.45, 2.75) is 207 Å². The SMILES string of the molecule is C=CCCCN(CCCCCCCCCC)CCCCC(=O)N1CC[N+](=CCCCCN(CCCCCCCCCC)CCCC(=O)OCCCCC)CC1. The molecule has 0 atom stereocenters. The first-order valence-electron chi connectivity index (χ1n) is 24.1. The van der Waals surface area contributed by atoms with E-state index in [1.165, 1.54) is 129 Å². The molecule has 1 amide bonds. The standard InChI is InChI=1S/C48H93N4O3/c1-5-9-13-15-17-19-21-26-36-49(35-25-11-7-3)40-30-24-33-47(53)52-44-42-51(43-45-52)39-29-23-28-38-50(37-27-22-20-18-16-14-10-6-2)41-32-34-48(54)55-46-31-12-8-4/h7,39H,3,5-6,8-38,40-46H2,1-2,4H3/q+1. The van der Waals surface area contributed by atoms with Crippen LogP contribution in [0.5, 0.6) is 0 Å². The number of piperazine rings is 1. The summed E-state index contributed by atoms with van der Waals surface area (Å²) < 4.78 is 7.89. The van der Waals surface area contributed by atoms with Gasteiger partial charge < -0.3 is 19.4 Å². The van der Waals surface area contributed by atoms with Gasteiger partial charge in [0.15, 0.2) is 13.1 Å². The number of esters is 1. The van der Waals surface area contributed by atoms with Gasteiger partial charge in [0.1, 0.15) is 6.21 Å². The number of carbonyl (C=O) groups excluding carboxylic acids is 2. The minimum absolute atomic E-state index is 0.0269. The van der Waals surface area contributed by atoms with E-state index in [0.717, 1.165) is 110 Å². The highest BCUT2D eigenvalue weighted by molar-refractivity contribution is 5.76. The second kappa shape index (κ2) is 39.1. The lowest BCUT2D eigenvalue weighted by Crippen LogP contribution is -2.45. The predicted octanol–water partition coefficient (Wildman–Crippen LogP) is 11.6. The molecule has 7 heteroatoms. The molecule has 322 valence electrons. The second-order valence-electron chi connectivity index (χ2n) is 16.6. The molecule has 0 spiro atoms. The normalized spacial score (nSPS) is 13.3. The van der Waals surface area contributed by atoms with Crippen LogP contribution < -0.4 is 0 Å². The van der Waals surface area contributed by atoms with Gasteiger partial charge in [-0.05, 0) is 103 Å². The van der Waals surface area contributed by atoms with Gasteiger partial charge in [0.25, 0.3) is 0 Å². The molecule has 1 saturated heterocycles. The van der Waals surface area contributed by atoms with E-state index in [-0.39, 0.29) is 5.97 Å². The van der Waals surface area contributed by atoms with Crippen molar-refractivity contribution in [2.75, 3.05) is 72.1 Å². The van der Waals surface area contributed by atoms with Crippen LogP contribution in [0.15, 0.2) is 12.7 Å². The topological polar surface area (TPSA) is 56.1 Å². The molecule has 7 nitrogen and oxygen atoms in total. The van der Waals surface area contributed by atoms with Crippen molar-refractivity contribution in [3.8, 4) is 0 Å². The van der Waals surface area contributed by atoms with Crippen LogP contribution in [0.25, 0.3) is 0 Å². The molecule has 0 radical (unpaired) electrons. The zero-order chi connectivity index (χ0) is 39.9. The summed E-state index contributed by atoms with van der Waals surface area (Å²) in [5.41, 5.74) is 0. The second-order valence-corrected chi connectivity index (χ2v) is 16.6. The van der Waals surface area contributed by atoms with E-state index in [1.807, 2.05) is 6.08 Å². The monoisotopic (exact) mass is 774 g/mol. The first-order chi connectivity index (χ1) is 27.0. The van der Waals surface area contributed by atoms with E-state index in [9.17, 15) is 9.59 Å². The molecule has 0 bridgehead atoms. The zero-order valence-electron chi connectivity index (χ0n) is 37.2. The Hall–Kier alpha value is -1.73. The Balaban J connectivity index is 2.31. The van der Waals surface area contributed by atoms with Crippen LogP contribution in [0, 0.1) is 0 Å². The van der Waals surface area contributed by atoms with Gasteiger partial charge in [-0.2, -0.15) is 0 Å². The van der Waals surface area contributed by atoms with E-state index < -0.39 is 0 Å². The minimum atomic E-state index is -0.0269. The van der Waals surface area contributed by atoms with Crippen molar-refractivity contribution in [3.63, 3.8) is 0 Å².